The van der Waals surface area contributed by atoms with Gasteiger partial charge in [0.1, 0.15) is 28.7 Å². The maximum atomic E-state index is 13.1. The van der Waals surface area contributed by atoms with E-state index in [4.69, 9.17) is 24.7 Å². The molecule has 7 aromatic rings. The zero-order valence-electron chi connectivity index (χ0n) is 35.7. The minimum atomic E-state index is -4.52. The van der Waals surface area contributed by atoms with Crippen LogP contribution in [0.2, 0.25) is 0 Å². The number of hydrogen-bond donors (Lipinski definition) is 1. The van der Waals surface area contributed by atoms with Gasteiger partial charge in [0.25, 0.3) is 0 Å². The van der Waals surface area contributed by atoms with Gasteiger partial charge >= 0.3 is 6.18 Å². The molecule has 4 aromatic heterocycles. The number of morpholine rings is 2. The van der Waals surface area contributed by atoms with Gasteiger partial charge in [-0.25, -0.2) is 19.0 Å². The second kappa shape index (κ2) is 18.1. The Morgan fingerprint density at radius 2 is 1.12 bits per heavy atom. The van der Waals surface area contributed by atoms with Crippen LogP contribution >= 0.6 is 15.9 Å². The van der Waals surface area contributed by atoms with Gasteiger partial charge in [-0.15, -0.1) is 0 Å². The summed E-state index contributed by atoms with van der Waals surface area (Å²) in [5.41, 5.74) is 11.8. The molecule has 2 aliphatic carbocycles. The lowest BCUT2D eigenvalue weighted by atomic mass is 10.0. The summed E-state index contributed by atoms with van der Waals surface area (Å²) >= 11 is 3.45. The molecule has 6 heterocycles. The van der Waals surface area contributed by atoms with Crippen LogP contribution in [0.25, 0.3) is 44.7 Å². The van der Waals surface area contributed by atoms with Crippen molar-refractivity contribution < 1.29 is 32.1 Å². The Morgan fingerprint density at radius 1 is 0.631 bits per heavy atom. The highest BCUT2D eigenvalue weighted by molar-refractivity contribution is 9.10. The molecule has 11 rings (SSSR count). The zero-order chi connectivity index (χ0) is 44.6. The average molecular weight is 953 g/mol. The first-order chi connectivity index (χ1) is 31.5. The number of fused-ring (bicyclic) bond motifs is 2. The monoisotopic (exact) mass is 951 g/mol. The fraction of sp³-hybridized carbons (Fsp3) is 0.375. The fourth-order valence-electron chi connectivity index (χ4n) is 8.44. The Hall–Kier alpha value is -5.43. The number of rotatable bonds is 12. The van der Waals surface area contributed by atoms with Crippen LogP contribution in [0.1, 0.15) is 37.3 Å². The molecule has 2 aliphatic heterocycles. The van der Waals surface area contributed by atoms with Crippen LogP contribution in [-0.2, 0) is 9.47 Å². The smallest absolute Gasteiger partial charge is 0.407 e. The third-order valence-electron chi connectivity index (χ3n) is 12.5. The minimum Gasteiger partial charge on any atom is -0.486 e. The van der Waals surface area contributed by atoms with Gasteiger partial charge in [0.2, 0.25) is 0 Å². The summed E-state index contributed by atoms with van der Waals surface area (Å²) in [4.78, 5) is 13.9. The van der Waals surface area contributed by atoms with Gasteiger partial charge in [-0.05, 0) is 94.2 Å². The van der Waals surface area contributed by atoms with Crippen molar-refractivity contribution >= 4 is 27.2 Å². The van der Waals surface area contributed by atoms with E-state index in [0.717, 1.165) is 135 Å². The maximum Gasteiger partial charge on any atom is 0.407 e. The molecular formula is C48H49BrF3N9O4. The highest BCUT2D eigenvalue weighted by Gasteiger charge is 2.48. The summed E-state index contributed by atoms with van der Waals surface area (Å²) in [6.07, 6.45) is 10.7. The number of nitrogens with zero attached hydrogens (tertiary/aromatic N) is 8. The quantitative estimate of drug-likeness (QED) is 0.127. The first-order valence-corrected chi connectivity index (χ1v) is 22.7. The maximum absolute atomic E-state index is 13.1. The lowest BCUT2D eigenvalue weighted by Crippen LogP contribution is -2.43. The highest BCUT2D eigenvalue weighted by Crippen LogP contribution is 2.43. The molecule has 65 heavy (non-hydrogen) atoms. The Kier molecular flexibility index (Phi) is 12.1. The Balaban J connectivity index is 0.000000162. The van der Waals surface area contributed by atoms with Crippen molar-refractivity contribution in [3.63, 3.8) is 0 Å². The van der Waals surface area contributed by atoms with Gasteiger partial charge < -0.3 is 24.7 Å². The van der Waals surface area contributed by atoms with Gasteiger partial charge in [-0.2, -0.15) is 23.4 Å². The Bertz CT molecular complexity index is 2750. The van der Waals surface area contributed by atoms with E-state index in [1.165, 1.54) is 12.1 Å². The standard InChI is InChI=1S/C28H28F3N5O2.C20H21BrN4O2/c29-28(30,31)25(32)21-3-1-2-20(14-21)24-16-34-36-17-22(15-33-26(24)36)19-4-6-23(7-5-19)38-27(8-9-27)18-35-10-12-37-13-11-35;21-18-12-23-25-13-16(11-22-19(18)25)15-1-3-17(4-2-15)27-20(5-6-20)14-24-7-9-26-10-8-24/h1-7,14-17,25H,8-13,18,32H2;1-4,11-13H,5-10,14H2. The van der Waals surface area contributed by atoms with Crippen molar-refractivity contribution in [3.05, 3.63) is 120 Å². The van der Waals surface area contributed by atoms with Gasteiger partial charge in [0, 0.05) is 80.7 Å². The predicted octanol–water partition coefficient (Wildman–Crippen LogP) is 8.27. The van der Waals surface area contributed by atoms with E-state index in [1.54, 1.807) is 39.8 Å². The first-order valence-electron chi connectivity index (χ1n) is 21.9. The first kappa shape index (κ1) is 43.5. The second-order valence-corrected chi connectivity index (χ2v) is 18.2. The van der Waals surface area contributed by atoms with Crippen molar-refractivity contribution in [2.24, 2.45) is 5.73 Å². The van der Waals surface area contributed by atoms with Crippen molar-refractivity contribution in [3.8, 4) is 44.9 Å². The van der Waals surface area contributed by atoms with E-state index in [2.05, 4.69) is 70.2 Å². The number of benzene rings is 3. The van der Waals surface area contributed by atoms with Crippen LogP contribution in [0.3, 0.4) is 0 Å². The molecule has 2 saturated carbocycles. The molecule has 1 unspecified atom stereocenters. The van der Waals surface area contributed by atoms with Crippen molar-refractivity contribution in [2.45, 2.75) is 49.1 Å². The number of ether oxygens (including phenoxy) is 4. The third kappa shape index (κ3) is 10.0. The average Bonchev–Trinajstić information content (AvgIpc) is 4.18. The summed E-state index contributed by atoms with van der Waals surface area (Å²) in [5.74, 6) is 1.77. The molecule has 0 amide bonds. The summed E-state index contributed by atoms with van der Waals surface area (Å²) in [5, 5.41) is 8.70. The molecule has 0 bridgehead atoms. The van der Waals surface area contributed by atoms with Crippen LogP contribution in [-0.4, -0.2) is 122 Å². The van der Waals surface area contributed by atoms with Crippen LogP contribution < -0.4 is 15.2 Å². The van der Waals surface area contributed by atoms with Crippen molar-refractivity contribution in [1.29, 1.82) is 0 Å². The van der Waals surface area contributed by atoms with Crippen LogP contribution in [0.15, 0.2) is 114 Å². The lowest BCUT2D eigenvalue weighted by molar-refractivity contribution is -0.149. The van der Waals surface area contributed by atoms with Crippen LogP contribution in [0.5, 0.6) is 11.5 Å². The predicted molar refractivity (Wildman–Crippen MR) is 243 cm³/mol. The van der Waals surface area contributed by atoms with Crippen LogP contribution in [0, 0.1) is 0 Å². The van der Waals surface area contributed by atoms with E-state index in [1.807, 2.05) is 42.9 Å². The third-order valence-corrected chi connectivity index (χ3v) is 13.0. The van der Waals surface area contributed by atoms with Gasteiger partial charge in [-0.1, -0.05) is 42.5 Å². The molecule has 4 fully saturated rings. The highest BCUT2D eigenvalue weighted by atomic mass is 79.9. The summed E-state index contributed by atoms with van der Waals surface area (Å²) in [6.45, 7) is 9.03. The second-order valence-electron chi connectivity index (χ2n) is 17.3. The molecule has 2 saturated heterocycles. The molecule has 0 spiro atoms. The molecule has 0 radical (unpaired) electrons. The topological polar surface area (TPSA) is 130 Å². The summed E-state index contributed by atoms with van der Waals surface area (Å²) in [6, 6.07) is 20.3. The van der Waals surface area contributed by atoms with Crippen LogP contribution in [0.4, 0.5) is 13.2 Å². The number of halogens is 4. The molecule has 13 nitrogen and oxygen atoms in total. The van der Waals surface area contributed by atoms with E-state index in [0.29, 0.717) is 16.8 Å². The number of hydrogen-bond acceptors (Lipinski definition) is 11. The molecule has 1 atom stereocenters. The minimum absolute atomic E-state index is 0.00815. The summed E-state index contributed by atoms with van der Waals surface area (Å²) < 4.78 is 67.3. The summed E-state index contributed by atoms with van der Waals surface area (Å²) in [7, 11) is 0. The van der Waals surface area contributed by atoms with Gasteiger partial charge in [-0.3, -0.25) is 9.80 Å². The lowest BCUT2D eigenvalue weighted by Gasteiger charge is -2.30. The van der Waals surface area contributed by atoms with E-state index in [9.17, 15) is 13.2 Å². The van der Waals surface area contributed by atoms with Crippen molar-refractivity contribution in [1.82, 2.24) is 39.0 Å². The Morgan fingerprint density at radius 3 is 1.63 bits per heavy atom. The normalized spacial score (nSPS) is 18.8. The van der Waals surface area contributed by atoms with Crippen molar-refractivity contribution in [2.75, 3.05) is 65.7 Å². The SMILES string of the molecule is Brc1cnn2cc(-c3ccc(OC4(CN5CCOCC5)CC4)cc3)cnc12.NC(c1cccc(-c2cnn3cc(-c4ccc(OC5(CN6CCOCC6)CC5)cc4)cnc23)c1)C(F)(F)F. The van der Waals surface area contributed by atoms with E-state index < -0.39 is 12.2 Å². The van der Waals surface area contributed by atoms with E-state index in [-0.39, 0.29) is 16.8 Å². The fourth-order valence-corrected chi connectivity index (χ4v) is 8.81. The zero-order valence-corrected chi connectivity index (χ0v) is 37.3. The molecule has 2 N–H and O–H groups in total. The molecule has 4 aliphatic rings. The molecule has 17 heteroatoms. The number of aromatic nitrogens is 6. The number of nitrogens with two attached hydrogens (primary N) is 1. The van der Waals surface area contributed by atoms with Gasteiger partial charge in [0.05, 0.1) is 43.3 Å². The molecule has 338 valence electrons. The van der Waals surface area contributed by atoms with E-state index >= 15 is 0 Å². The largest absolute Gasteiger partial charge is 0.486 e. The molecule has 3 aromatic carbocycles. The molecular weight excluding hydrogens is 903 g/mol. The van der Waals surface area contributed by atoms with Gasteiger partial charge in [0.15, 0.2) is 11.3 Å². The number of alkyl halides is 3. The Labute approximate surface area is 382 Å².